The maximum Gasteiger partial charge on any atom is 0.0815 e. The fourth-order valence-corrected chi connectivity index (χ4v) is 2.40. The van der Waals surface area contributed by atoms with Crippen molar-refractivity contribution in [1.82, 2.24) is 20.3 Å². The molecule has 1 atom stereocenters. The summed E-state index contributed by atoms with van der Waals surface area (Å²) in [7, 11) is 1.98. The number of hydrogen-bond donors (Lipinski definition) is 1. The van der Waals surface area contributed by atoms with Gasteiger partial charge in [0, 0.05) is 0 Å². The second-order valence-electron chi connectivity index (χ2n) is 4.03. The van der Waals surface area contributed by atoms with Crippen LogP contribution in [0.3, 0.4) is 0 Å². The number of aromatic nitrogens is 3. The van der Waals surface area contributed by atoms with Gasteiger partial charge in [-0.05, 0) is 37.6 Å². The van der Waals surface area contributed by atoms with Crippen LogP contribution in [-0.2, 0) is 0 Å². The van der Waals surface area contributed by atoms with Crippen molar-refractivity contribution in [3.05, 3.63) is 42.2 Å². The SMILES string of the molecule is CNC(CCSC)c1cnnn1-c1ccccc1. The lowest BCUT2D eigenvalue weighted by atomic mass is 10.1. The van der Waals surface area contributed by atoms with E-state index in [0.29, 0.717) is 0 Å². The van der Waals surface area contributed by atoms with Gasteiger partial charge in [-0.2, -0.15) is 11.8 Å². The molecule has 2 aromatic rings. The molecule has 96 valence electrons. The number of benzene rings is 1. The van der Waals surface area contributed by atoms with Crippen molar-refractivity contribution in [1.29, 1.82) is 0 Å². The molecule has 18 heavy (non-hydrogen) atoms. The average molecular weight is 262 g/mol. The quantitative estimate of drug-likeness (QED) is 0.867. The first-order chi connectivity index (χ1) is 8.86. The molecule has 0 aliphatic carbocycles. The minimum absolute atomic E-state index is 0.285. The zero-order chi connectivity index (χ0) is 12.8. The lowest BCUT2D eigenvalue weighted by Crippen LogP contribution is -2.20. The summed E-state index contributed by atoms with van der Waals surface area (Å²) in [6.45, 7) is 0. The molecule has 1 unspecified atom stereocenters. The Morgan fingerprint density at radius 3 is 2.78 bits per heavy atom. The largest absolute Gasteiger partial charge is 0.312 e. The highest BCUT2D eigenvalue weighted by Gasteiger charge is 2.15. The molecule has 4 nitrogen and oxygen atoms in total. The van der Waals surface area contributed by atoms with Crippen molar-refractivity contribution >= 4 is 11.8 Å². The number of hydrogen-bond acceptors (Lipinski definition) is 4. The summed E-state index contributed by atoms with van der Waals surface area (Å²) in [5.41, 5.74) is 2.16. The Bertz CT molecular complexity index is 469. The van der Waals surface area contributed by atoms with Gasteiger partial charge in [0.25, 0.3) is 0 Å². The van der Waals surface area contributed by atoms with E-state index < -0.39 is 0 Å². The summed E-state index contributed by atoms with van der Waals surface area (Å²) in [4.78, 5) is 0. The number of rotatable bonds is 6. The zero-order valence-corrected chi connectivity index (χ0v) is 11.5. The predicted molar refractivity (Wildman–Crippen MR) is 76.2 cm³/mol. The molecule has 5 heteroatoms. The van der Waals surface area contributed by atoms with E-state index in [1.54, 1.807) is 0 Å². The standard InChI is InChI=1S/C13H18N4S/c1-14-12(8-9-18-2)13-10-15-16-17(13)11-6-4-3-5-7-11/h3-7,10,12,14H,8-9H2,1-2H3. The van der Waals surface area contributed by atoms with Crippen LogP contribution in [0.4, 0.5) is 0 Å². The Kier molecular flexibility index (Phi) is 4.78. The van der Waals surface area contributed by atoms with Crippen LogP contribution in [0, 0.1) is 0 Å². The molecule has 0 saturated heterocycles. The molecular weight excluding hydrogens is 244 g/mol. The van der Waals surface area contributed by atoms with Crippen LogP contribution in [0.1, 0.15) is 18.2 Å². The first-order valence-electron chi connectivity index (χ1n) is 5.99. The molecule has 0 saturated carbocycles. The van der Waals surface area contributed by atoms with E-state index in [0.717, 1.165) is 23.6 Å². The molecule has 0 fully saturated rings. The molecule has 0 bridgehead atoms. The fraction of sp³-hybridized carbons (Fsp3) is 0.385. The molecule has 0 aliphatic heterocycles. The highest BCUT2D eigenvalue weighted by Crippen LogP contribution is 2.20. The van der Waals surface area contributed by atoms with Gasteiger partial charge in [0.05, 0.1) is 23.6 Å². The Morgan fingerprint density at radius 1 is 1.33 bits per heavy atom. The van der Waals surface area contributed by atoms with Crippen LogP contribution >= 0.6 is 11.8 Å². The zero-order valence-electron chi connectivity index (χ0n) is 10.7. The third kappa shape index (κ3) is 2.91. The average Bonchev–Trinajstić information content (AvgIpc) is 2.90. The van der Waals surface area contributed by atoms with E-state index in [1.807, 2.05) is 60.0 Å². The van der Waals surface area contributed by atoms with Crippen molar-refractivity contribution in [2.45, 2.75) is 12.5 Å². The first-order valence-corrected chi connectivity index (χ1v) is 7.38. The highest BCUT2D eigenvalue weighted by molar-refractivity contribution is 7.98. The summed E-state index contributed by atoms with van der Waals surface area (Å²) in [6.07, 6.45) is 5.03. The number of para-hydroxylation sites is 1. The second-order valence-corrected chi connectivity index (χ2v) is 5.01. The van der Waals surface area contributed by atoms with Gasteiger partial charge in [0.1, 0.15) is 0 Å². The topological polar surface area (TPSA) is 42.7 Å². The molecule has 1 aromatic carbocycles. The van der Waals surface area contributed by atoms with Crippen LogP contribution in [0.2, 0.25) is 0 Å². The van der Waals surface area contributed by atoms with Crippen molar-refractivity contribution in [2.24, 2.45) is 0 Å². The minimum Gasteiger partial charge on any atom is -0.312 e. The van der Waals surface area contributed by atoms with Gasteiger partial charge in [-0.15, -0.1) is 5.10 Å². The van der Waals surface area contributed by atoms with Crippen molar-refractivity contribution < 1.29 is 0 Å². The lowest BCUT2D eigenvalue weighted by Gasteiger charge is -2.16. The molecule has 1 N–H and O–H groups in total. The molecule has 0 aliphatic rings. The summed E-state index contributed by atoms with van der Waals surface area (Å²) in [5.74, 6) is 1.12. The molecule has 0 amide bonds. The Labute approximate surface area is 112 Å². The van der Waals surface area contributed by atoms with Gasteiger partial charge in [-0.1, -0.05) is 23.4 Å². The minimum atomic E-state index is 0.285. The van der Waals surface area contributed by atoms with E-state index in [2.05, 4.69) is 21.9 Å². The van der Waals surface area contributed by atoms with Crippen molar-refractivity contribution in [3.8, 4) is 5.69 Å². The van der Waals surface area contributed by atoms with E-state index >= 15 is 0 Å². The van der Waals surface area contributed by atoms with Gasteiger partial charge in [0.2, 0.25) is 0 Å². The number of nitrogens with zero attached hydrogens (tertiary/aromatic N) is 3. The van der Waals surface area contributed by atoms with Crippen LogP contribution < -0.4 is 5.32 Å². The Balaban J connectivity index is 2.26. The van der Waals surface area contributed by atoms with Crippen molar-refractivity contribution in [3.63, 3.8) is 0 Å². The van der Waals surface area contributed by atoms with Gasteiger partial charge in [0.15, 0.2) is 0 Å². The molecule has 0 spiro atoms. The summed E-state index contributed by atoms with van der Waals surface area (Å²) < 4.78 is 1.90. The molecule has 1 aromatic heterocycles. The van der Waals surface area contributed by atoms with E-state index in [4.69, 9.17) is 0 Å². The Morgan fingerprint density at radius 2 is 2.11 bits per heavy atom. The van der Waals surface area contributed by atoms with Crippen LogP contribution in [0.15, 0.2) is 36.5 Å². The predicted octanol–water partition coefficient (Wildman–Crippen LogP) is 2.28. The normalized spacial score (nSPS) is 12.6. The highest BCUT2D eigenvalue weighted by atomic mass is 32.2. The molecule has 2 rings (SSSR count). The molecule has 0 radical (unpaired) electrons. The third-order valence-electron chi connectivity index (χ3n) is 2.89. The van der Waals surface area contributed by atoms with Gasteiger partial charge >= 0.3 is 0 Å². The maximum absolute atomic E-state index is 4.18. The van der Waals surface area contributed by atoms with E-state index in [1.165, 1.54) is 0 Å². The van der Waals surface area contributed by atoms with E-state index in [-0.39, 0.29) is 6.04 Å². The maximum atomic E-state index is 4.18. The van der Waals surface area contributed by atoms with E-state index in [9.17, 15) is 0 Å². The number of nitrogens with one attached hydrogen (secondary N) is 1. The van der Waals surface area contributed by atoms with Crippen LogP contribution in [0.25, 0.3) is 5.69 Å². The summed E-state index contributed by atoms with van der Waals surface area (Å²) >= 11 is 1.85. The molecular formula is C13H18N4S. The van der Waals surface area contributed by atoms with Gasteiger partial charge in [-0.3, -0.25) is 0 Å². The lowest BCUT2D eigenvalue weighted by molar-refractivity contribution is 0.545. The van der Waals surface area contributed by atoms with Gasteiger partial charge in [-0.25, -0.2) is 4.68 Å². The van der Waals surface area contributed by atoms with Gasteiger partial charge < -0.3 is 5.32 Å². The third-order valence-corrected chi connectivity index (χ3v) is 3.54. The van der Waals surface area contributed by atoms with Crippen LogP contribution in [0.5, 0.6) is 0 Å². The first kappa shape index (κ1) is 13.1. The summed E-state index contributed by atoms with van der Waals surface area (Å²) in [5, 5.41) is 11.6. The summed E-state index contributed by atoms with van der Waals surface area (Å²) in [6, 6.07) is 10.4. The number of thioether (sulfide) groups is 1. The second kappa shape index (κ2) is 6.56. The molecule has 1 heterocycles. The Hall–Kier alpha value is -1.33. The fourth-order valence-electron chi connectivity index (χ4n) is 1.93. The smallest absolute Gasteiger partial charge is 0.0815 e. The monoisotopic (exact) mass is 262 g/mol. The van der Waals surface area contributed by atoms with Crippen LogP contribution in [-0.4, -0.2) is 34.1 Å². The van der Waals surface area contributed by atoms with Crippen molar-refractivity contribution in [2.75, 3.05) is 19.1 Å².